The molecule has 0 radical (unpaired) electrons. The van der Waals surface area contributed by atoms with Crippen molar-refractivity contribution in [2.45, 2.75) is 32.7 Å². The molecule has 0 bridgehead atoms. The van der Waals surface area contributed by atoms with Crippen molar-refractivity contribution in [1.29, 1.82) is 0 Å². The van der Waals surface area contributed by atoms with E-state index in [4.69, 9.17) is 14.3 Å². The zero-order chi connectivity index (χ0) is 21.7. The van der Waals surface area contributed by atoms with E-state index >= 15 is 0 Å². The first-order valence-electron chi connectivity index (χ1n) is 9.67. The fourth-order valence-electron chi connectivity index (χ4n) is 3.22. The number of hydrogen-bond acceptors (Lipinski definition) is 5. The van der Waals surface area contributed by atoms with Crippen molar-refractivity contribution >= 4 is 27.0 Å². The molecule has 160 valence electrons. The summed E-state index contributed by atoms with van der Waals surface area (Å²) in [5.41, 5.74) is 2.10. The second kappa shape index (κ2) is 9.32. The molecule has 0 saturated heterocycles. The van der Waals surface area contributed by atoms with E-state index in [0.717, 1.165) is 11.1 Å². The number of carboxylic acid groups (broad SMARTS) is 1. The third-order valence-electron chi connectivity index (χ3n) is 4.66. The highest BCUT2D eigenvalue weighted by molar-refractivity contribution is 7.89. The molecule has 0 aliphatic rings. The van der Waals surface area contributed by atoms with Gasteiger partial charge in [-0.2, -0.15) is 0 Å². The average Bonchev–Trinajstić information content (AvgIpc) is 3.10. The number of carboxylic acids is 1. The number of aliphatic carboxylic acids is 1. The minimum atomic E-state index is -3.50. The third kappa shape index (κ3) is 5.40. The number of rotatable bonds is 10. The zero-order valence-electron chi connectivity index (χ0n) is 16.9. The van der Waals surface area contributed by atoms with Crippen molar-refractivity contribution in [2.24, 2.45) is 0 Å². The van der Waals surface area contributed by atoms with Crippen LogP contribution in [-0.4, -0.2) is 31.9 Å². The lowest BCUT2D eigenvalue weighted by Gasteiger charge is -2.09. The molecule has 8 heteroatoms. The monoisotopic (exact) mass is 431 g/mol. The van der Waals surface area contributed by atoms with E-state index in [9.17, 15) is 13.2 Å². The minimum absolute atomic E-state index is 0.00791. The van der Waals surface area contributed by atoms with Crippen LogP contribution in [0.5, 0.6) is 5.75 Å². The zero-order valence-corrected chi connectivity index (χ0v) is 17.7. The summed E-state index contributed by atoms with van der Waals surface area (Å²) in [4.78, 5) is 10.8. The van der Waals surface area contributed by atoms with Gasteiger partial charge in [-0.05, 0) is 18.1 Å². The highest BCUT2D eigenvalue weighted by Gasteiger charge is 2.21. The SMILES string of the molecule is CC(C)c1oc2c(OCC(=O)O)cccc2c1CNS(=O)(=O)CCc1ccccc1. The Morgan fingerprint density at radius 2 is 1.87 bits per heavy atom. The maximum Gasteiger partial charge on any atom is 0.341 e. The number of para-hydroxylation sites is 1. The predicted octanol–water partition coefficient (Wildman–Crippen LogP) is 3.68. The van der Waals surface area contributed by atoms with Crippen LogP contribution in [0, 0.1) is 0 Å². The molecule has 0 aliphatic heterocycles. The predicted molar refractivity (Wildman–Crippen MR) is 114 cm³/mol. The topological polar surface area (TPSA) is 106 Å². The molecule has 2 aromatic carbocycles. The van der Waals surface area contributed by atoms with Gasteiger partial charge in [0.1, 0.15) is 5.76 Å². The number of aryl methyl sites for hydroxylation is 1. The molecule has 1 heterocycles. The van der Waals surface area contributed by atoms with E-state index in [1.807, 2.05) is 50.2 Å². The fraction of sp³-hybridized carbons (Fsp3) is 0.318. The van der Waals surface area contributed by atoms with Crippen LogP contribution in [0.2, 0.25) is 0 Å². The van der Waals surface area contributed by atoms with Crippen molar-refractivity contribution in [3.63, 3.8) is 0 Å². The van der Waals surface area contributed by atoms with Gasteiger partial charge in [-0.25, -0.2) is 17.9 Å². The number of sulfonamides is 1. The normalized spacial score (nSPS) is 11.8. The van der Waals surface area contributed by atoms with Gasteiger partial charge in [-0.15, -0.1) is 0 Å². The molecule has 7 nitrogen and oxygen atoms in total. The van der Waals surface area contributed by atoms with Gasteiger partial charge >= 0.3 is 5.97 Å². The van der Waals surface area contributed by atoms with Crippen LogP contribution in [0.4, 0.5) is 0 Å². The van der Waals surface area contributed by atoms with Crippen molar-refractivity contribution in [1.82, 2.24) is 4.72 Å². The van der Waals surface area contributed by atoms with Gasteiger partial charge in [0, 0.05) is 23.4 Å². The summed E-state index contributed by atoms with van der Waals surface area (Å²) in [6, 6.07) is 14.6. The lowest BCUT2D eigenvalue weighted by molar-refractivity contribution is -0.139. The number of fused-ring (bicyclic) bond motifs is 1. The number of ether oxygens (including phenoxy) is 1. The molecule has 3 rings (SSSR count). The highest BCUT2D eigenvalue weighted by atomic mass is 32.2. The Labute approximate surface area is 175 Å². The summed E-state index contributed by atoms with van der Waals surface area (Å²) in [7, 11) is -3.50. The van der Waals surface area contributed by atoms with Gasteiger partial charge < -0.3 is 14.3 Å². The summed E-state index contributed by atoms with van der Waals surface area (Å²) in [5.74, 6) is -0.142. The third-order valence-corrected chi connectivity index (χ3v) is 5.99. The molecule has 0 aliphatic carbocycles. The van der Waals surface area contributed by atoms with Gasteiger partial charge in [0.15, 0.2) is 17.9 Å². The summed E-state index contributed by atoms with van der Waals surface area (Å²) in [6.45, 7) is 3.49. The molecule has 0 atom stereocenters. The van der Waals surface area contributed by atoms with Crippen LogP contribution < -0.4 is 9.46 Å². The number of benzene rings is 2. The maximum atomic E-state index is 12.5. The number of nitrogens with one attached hydrogen (secondary N) is 1. The van der Waals surface area contributed by atoms with Gasteiger partial charge in [-0.3, -0.25) is 0 Å². The molecule has 1 aromatic heterocycles. The molecule has 0 unspecified atom stereocenters. The summed E-state index contributed by atoms with van der Waals surface area (Å²) in [6.07, 6.45) is 0.423. The van der Waals surface area contributed by atoms with Crippen molar-refractivity contribution in [3.05, 3.63) is 65.4 Å². The molecule has 0 spiro atoms. The Morgan fingerprint density at radius 3 is 2.53 bits per heavy atom. The van der Waals surface area contributed by atoms with Crippen molar-refractivity contribution in [2.75, 3.05) is 12.4 Å². The summed E-state index contributed by atoms with van der Waals surface area (Å²) in [5, 5.41) is 9.57. The minimum Gasteiger partial charge on any atom is -0.479 e. The smallest absolute Gasteiger partial charge is 0.341 e. The number of carbonyl (C=O) groups is 1. The van der Waals surface area contributed by atoms with Crippen LogP contribution in [0.1, 0.15) is 36.7 Å². The number of hydrogen-bond donors (Lipinski definition) is 2. The number of furan rings is 1. The Morgan fingerprint density at radius 1 is 1.13 bits per heavy atom. The van der Waals surface area contributed by atoms with E-state index in [-0.39, 0.29) is 18.2 Å². The van der Waals surface area contributed by atoms with Gasteiger partial charge in [0.2, 0.25) is 10.0 Å². The first kappa shape index (κ1) is 21.9. The lowest BCUT2D eigenvalue weighted by atomic mass is 10.0. The molecule has 30 heavy (non-hydrogen) atoms. The van der Waals surface area contributed by atoms with E-state index in [1.54, 1.807) is 12.1 Å². The Bertz CT molecular complexity index is 1120. The van der Waals surface area contributed by atoms with Gasteiger partial charge in [0.25, 0.3) is 0 Å². The summed E-state index contributed by atoms with van der Waals surface area (Å²) < 4.78 is 39.0. The Kier molecular flexibility index (Phi) is 6.79. The highest BCUT2D eigenvalue weighted by Crippen LogP contribution is 2.36. The van der Waals surface area contributed by atoms with Crippen LogP contribution in [0.25, 0.3) is 11.0 Å². The Balaban J connectivity index is 1.81. The molecule has 0 saturated carbocycles. The van der Waals surface area contributed by atoms with Crippen LogP contribution in [0.3, 0.4) is 0 Å². The standard InChI is InChI=1S/C22H25NO6S/c1-15(2)21-18(13-23-30(26,27)12-11-16-7-4-3-5-8-16)17-9-6-10-19(22(17)29-21)28-14-20(24)25/h3-10,15,23H,11-14H2,1-2H3,(H,24,25). The van der Waals surface area contributed by atoms with Crippen molar-refractivity contribution in [3.8, 4) is 5.75 Å². The van der Waals surface area contributed by atoms with E-state index in [1.165, 1.54) is 0 Å². The van der Waals surface area contributed by atoms with Crippen LogP contribution >= 0.6 is 0 Å². The average molecular weight is 432 g/mol. The van der Waals surface area contributed by atoms with Crippen LogP contribution in [0.15, 0.2) is 52.9 Å². The van der Waals surface area contributed by atoms with Gasteiger partial charge in [-0.1, -0.05) is 56.3 Å². The molecule has 2 N–H and O–H groups in total. The first-order valence-corrected chi connectivity index (χ1v) is 11.3. The summed E-state index contributed by atoms with van der Waals surface area (Å²) >= 11 is 0. The molecule has 3 aromatic rings. The quantitative estimate of drug-likeness (QED) is 0.507. The molecule has 0 fully saturated rings. The van der Waals surface area contributed by atoms with Gasteiger partial charge in [0.05, 0.1) is 5.75 Å². The maximum absolute atomic E-state index is 12.5. The van der Waals surface area contributed by atoms with E-state index < -0.39 is 22.6 Å². The lowest BCUT2D eigenvalue weighted by Crippen LogP contribution is -2.27. The van der Waals surface area contributed by atoms with Crippen molar-refractivity contribution < 1.29 is 27.5 Å². The van der Waals surface area contributed by atoms with E-state index in [0.29, 0.717) is 28.9 Å². The van der Waals surface area contributed by atoms with E-state index in [2.05, 4.69) is 4.72 Å². The molecular weight excluding hydrogens is 406 g/mol. The largest absolute Gasteiger partial charge is 0.479 e. The van der Waals surface area contributed by atoms with Crippen LogP contribution in [-0.2, 0) is 27.8 Å². The molecular formula is C22H25NO6S. The first-order chi connectivity index (χ1) is 14.3. The molecule has 0 amide bonds. The Hall–Kier alpha value is -2.84. The second-order valence-corrected chi connectivity index (χ2v) is 9.22. The fourth-order valence-corrected chi connectivity index (χ4v) is 4.23. The second-order valence-electron chi connectivity index (χ2n) is 7.29.